The molecule has 1 heterocycles. The van der Waals surface area contributed by atoms with Crippen molar-refractivity contribution in [2.75, 3.05) is 7.11 Å². The second-order valence-electron chi connectivity index (χ2n) is 3.88. The molecule has 0 radical (unpaired) electrons. The van der Waals surface area contributed by atoms with E-state index in [1.165, 1.54) is 0 Å². The molecule has 0 saturated heterocycles. The third kappa shape index (κ3) is 3.42. The van der Waals surface area contributed by atoms with Crippen LogP contribution in [0.2, 0.25) is 0 Å². The van der Waals surface area contributed by atoms with Crippen LogP contribution in [0.25, 0.3) is 0 Å². The van der Waals surface area contributed by atoms with Crippen molar-refractivity contribution in [3.8, 4) is 11.5 Å². The van der Waals surface area contributed by atoms with Crippen LogP contribution < -0.4 is 15.2 Å². The summed E-state index contributed by atoms with van der Waals surface area (Å²) in [5, 5.41) is 0. The molecule has 4 nitrogen and oxygen atoms in total. The fourth-order valence-corrected chi connectivity index (χ4v) is 1.71. The van der Waals surface area contributed by atoms with Gasteiger partial charge in [0.25, 0.3) is 0 Å². The maximum Gasteiger partial charge on any atom is 0.161 e. The molecule has 0 amide bonds. The van der Waals surface area contributed by atoms with Crippen LogP contribution >= 0.6 is 12.2 Å². The van der Waals surface area contributed by atoms with Crippen molar-refractivity contribution < 1.29 is 9.47 Å². The molecule has 0 fully saturated rings. The van der Waals surface area contributed by atoms with Crippen LogP contribution in [-0.2, 0) is 6.61 Å². The highest BCUT2D eigenvalue weighted by atomic mass is 32.1. The van der Waals surface area contributed by atoms with Gasteiger partial charge in [-0.3, -0.25) is 4.98 Å². The van der Waals surface area contributed by atoms with E-state index in [1.807, 2.05) is 18.2 Å². The van der Waals surface area contributed by atoms with Gasteiger partial charge in [0.05, 0.1) is 7.11 Å². The van der Waals surface area contributed by atoms with Crippen molar-refractivity contribution in [3.63, 3.8) is 0 Å². The highest BCUT2D eigenvalue weighted by molar-refractivity contribution is 7.80. The second-order valence-corrected chi connectivity index (χ2v) is 4.32. The topological polar surface area (TPSA) is 57.4 Å². The van der Waals surface area contributed by atoms with Crippen LogP contribution in [0.15, 0.2) is 42.7 Å². The average Bonchev–Trinajstić information content (AvgIpc) is 2.45. The molecular formula is C14H14N2O2S. The summed E-state index contributed by atoms with van der Waals surface area (Å²) >= 11 is 4.93. The molecule has 0 unspecified atom stereocenters. The highest BCUT2D eigenvalue weighted by Crippen LogP contribution is 2.28. The van der Waals surface area contributed by atoms with E-state index in [2.05, 4.69) is 4.98 Å². The monoisotopic (exact) mass is 274 g/mol. The fraction of sp³-hybridized carbons (Fsp3) is 0.143. The number of hydrogen-bond acceptors (Lipinski definition) is 4. The molecule has 0 bridgehead atoms. The number of hydrogen-bond donors (Lipinski definition) is 1. The molecule has 0 spiro atoms. The maximum absolute atomic E-state index is 5.70. The number of methoxy groups -OCH3 is 1. The minimum Gasteiger partial charge on any atom is -0.493 e. The number of rotatable bonds is 5. The van der Waals surface area contributed by atoms with Crippen LogP contribution in [0.4, 0.5) is 0 Å². The van der Waals surface area contributed by atoms with Gasteiger partial charge in [-0.25, -0.2) is 0 Å². The molecule has 0 aliphatic carbocycles. The lowest BCUT2D eigenvalue weighted by Gasteiger charge is -2.11. The van der Waals surface area contributed by atoms with E-state index < -0.39 is 0 Å². The first-order valence-corrected chi connectivity index (χ1v) is 6.11. The van der Waals surface area contributed by atoms with Gasteiger partial charge in [0.2, 0.25) is 0 Å². The van der Waals surface area contributed by atoms with Crippen LogP contribution in [-0.4, -0.2) is 17.1 Å². The van der Waals surface area contributed by atoms with Crippen molar-refractivity contribution in [1.29, 1.82) is 0 Å². The number of thiocarbonyl (C=S) groups is 1. The Bertz CT molecular complexity index is 573. The van der Waals surface area contributed by atoms with E-state index in [9.17, 15) is 0 Å². The molecule has 2 rings (SSSR count). The largest absolute Gasteiger partial charge is 0.493 e. The van der Waals surface area contributed by atoms with Gasteiger partial charge in [-0.05, 0) is 24.3 Å². The summed E-state index contributed by atoms with van der Waals surface area (Å²) in [6.45, 7) is 0.427. The first-order valence-electron chi connectivity index (χ1n) is 5.70. The van der Waals surface area contributed by atoms with Gasteiger partial charge in [0.1, 0.15) is 11.6 Å². The summed E-state index contributed by atoms with van der Waals surface area (Å²) in [5.74, 6) is 1.25. The Hall–Kier alpha value is -2.14. The lowest BCUT2D eigenvalue weighted by Crippen LogP contribution is -2.09. The minimum absolute atomic E-state index is 0.331. The number of nitrogens with zero attached hydrogens (tertiary/aromatic N) is 1. The Morgan fingerprint density at radius 2 is 2.16 bits per heavy atom. The fourth-order valence-electron chi connectivity index (χ4n) is 1.58. The molecule has 0 saturated carbocycles. The third-order valence-electron chi connectivity index (χ3n) is 2.57. The van der Waals surface area contributed by atoms with Gasteiger partial charge in [-0.15, -0.1) is 0 Å². The molecule has 19 heavy (non-hydrogen) atoms. The normalized spacial score (nSPS) is 9.95. The van der Waals surface area contributed by atoms with Gasteiger partial charge in [-0.2, -0.15) is 0 Å². The minimum atomic E-state index is 0.331. The van der Waals surface area contributed by atoms with E-state index in [4.69, 9.17) is 27.4 Å². The molecular weight excluding hydrogens is 260 g/mol. The van der Waals surface area contributed by atoms with Crippen LogP contribution in [0.3, 0.4) is 0 Å². The quantitative estimate of drug-likeness (QED) is 0.848. The summed E-state index contributed by atoms with van der Waals surface area (Å²) in [4.78, 5) is 4.36. The van der Waals surface area contributed by atoms with Crippen molar-refractivity contribution in [2.45, 2.75) is 6.61 Å². The molecule has 2 aromatic rings. The number of benzene rings is 1. The molecule has 1 aromatic heterocycles. The highest BCUT2D eigenvalue weighted by Gasteiger charge is 2.07. The average molecular weight is 274 g/mol. The molecule has 0 aliphatic rings. The molecule has 5 heteroatoms. The van der Waals surface area contributed by atoms with Gasteiger partial charge < -0.3 is 15.2 Å². The summed E-state index contributed by atoms with van der Waals surface area (Å²) in [6, 6.07) is 9.18. The zero-order valence-corrected chi connectivity index (χ0v) is 11.3. The zero-order valence-electron chi connectivity index (χ0n) is 10.5. The van der Waals surface area contributed by atoms with Crippen LogP contribution in [0.5, 0.6) is 11.5 Å². The number of aromatic nitrogens is 1. The van der Waals surface area contributed by atoms with Crippen molar-refractivity contribution in [2.24, 2.45) is 5.73 Å². The van der Waals surface area contributed by atoms with Crippen LogP contribution in [0.1, 0.15) is 11.1 Å². The summed E-state index contributed by atoms with van der Waals surface area (Å²) < 4.78 is 11.0. The van der Waals surface area contributed by atoms with Gasteiger partial charge in [0.15, 0.2) is 11.5 Å². The standard InChI is InChI=1S/C14H14N2O2S/c1-17-13-7-11(14(15)19)4-5-12(13)18-9-10-3-2-6-16-8-10/h2-8H,9H2,1H3,(H2,15,19). The number of pyridine rings is 1. The van der Waals surface area contributed by atoms with Crippen molar-refractivity contribution >= 4 is 17.2 Å². The molecule has 0 atom stereocenters. The Balaban J connectivity index is 2.14. The van der Waals surface area contributed by atoms with Gasteiger partial charge >= 0.3 is 0 Å². The molecule has 98 valence electrons. The first-order chi connectivity index (χ1) is 9.20. The van der Waals surface area contributed by atoms with Crippen LogP contribution in [0, 0.1) is 0 Å². The maximum atomic E-state index is 5.70. The van der Waals surface area contributed by atoms with Crippen molar-refractivity contribution in [1.82, 2.24) is 4.98 Å². The summed E-state index contributed by atoms with van der Waals surface area (Å²) in [7, 11) is 1.58. The third-order valence-corrected chi connectivity index (χ3v) is 2.80. The van der Waals surface area contributed by atoms with E-state index in [-0.39, 0.29) is 0 Å². The second kappa shape index (κ2) is 6.15. The van der Waals surface area contributed by atoms with E-state index >= 15 is 0 Å². The Morgan fingerprint density at radius 1 is 1.32 bits per heavy atom. The predicted molar refractivity (Wildman–Crippen MR) is 77.5 cm³/mol. The number of nitrogens with two attached hydrogens (primary N) is 1. The van der Waals surface area contributed by atoms with E-state index in [0.717, 1.165) is 11.1 Å². The van der Waals surface area contributed by atoms with Crippen molar-refractivity contribution in [3.05, 3.63) is 53.9 Å². The Kier molecular flexibility index (Phi) is 4.30. The summed E-state index contributed by atoms with van der Waals surface area (Å²) in [6.07, 6.45) is 3.48. The van der Waals surface area contributed by atoms with Gasteiger partial charge in [0, 0.05) is 23.5 Å². The smallest absolute Gasteiger partial charge is 0.161 e. The predicted octanol–water partition coefficient (Wildman–Crippen LogP) is 2.30. The lowest BCUT2D eigenvalue weighted by molar-refractivity contribution is 0.284. The Morgan fingerprint density at radius 3 is 2.79 bits per heavy atom. The molecule has 0 aliphatic heterocycles. The SMILES string of the molecule is COc1cc(C(N)=S)ccc1OCc1cccnc1. The van der Waals surface area contributed by atoms with E-state index in [0.29, 0.717) is 23.1 Å². The van der Waals surface area contributed by atoms with E-state index in [1.54, 1.807) is 31.6 Å². The lowest BCUT2D eigenvalue weighted by atomic mass is 10.2. The molecule has 2 N–H and O–H groups in total. The first kappa shape index (κ1) is 13.3. The summed E-state index contributed by atoms with van der Waals surface area (Å²) in [5.41, 5.74) is 7.32. The molecule has 1 aromatic carbocycles. The number of ether oxygens (including phenoxy) is 2. The Labute approximate surface area is 117 Å². The zero-order chi connectivity index (χ0) is 13.7. The van der Waals surface area contributed by atoms with Gasteiger partial charge in [-0.1, -0.05) is 18.3 Å².